The first-order chi connectivity index (χ1) is 7.86. The minimum absolute atomic E-state index is 0.0617. The van der Waals surface area contributed by atoms with Gasteiger partial charge in [-0.05, 0) is 31.0 Å². The number of aliphatic hydroxyl groups excluding tert-OH is 1. The Labute approximate surface area is 104 Å². The third-order valence-electron chi connectivity index (χ3n) is 3.22. The maximum absolute atomic E-state index is 9.52. The van der Waals surface area contributed by atoms with Crippen LogP contribution in [0.4, 0.5) is 0 Å². The minimum Gasteiger partial charge on any atom is -0.395 e. The van der Waals surface area contributed by atoms with Crippen LogP contribution in [0.15, 0.2) is 18.3 Å². The van der Waals surface area contributed by atoms with E-state index in [0.29, 0.717) is 0 Å². The third kappa shape index (κ3) is 3.79. The van der Waals surface area contributed by atoms with E-state index >= 15 is 0 Å². The van der Waals surface area contributed by atoms with Crippen LogP contribution < -0.4 is 0 Å². The van der Waals surface area contributed by atoms with E-state index in [-0.39, 0.29) is 18.1 Å². The fourth-order valence-electron chi connectivity index (χ4n) is 2.10. The van der Waals surface area contributed by atoms with E-state index < -0.39 is 0 Å². The first-order valence-electron chi connectivity index (χ1n) is 6.08. The van der Waals surface area contributed by atoms with Gasteiger partial charge in [-0.1, -0.05) is 26.8 Å². The fourth-order valence-corrected chi connectivity index (χ4v) is 2.10. The van der Waals surface area contributed by atoms with Gasteiger partial charge >= 0.3 is 0 Å². The van der Waals surface area contributed by atoms with Crippen molar-refractivity contribution in [3.05, 3.63) is 29.6 Å². The summed E-state index contributed by atoms with van der Waals surface area (Å²) in [7, 11) is 2.04. The summed E-state index contributed by atoms with van der Waals surface area (Å²) in [5, 5.41) is 9.52. The Morgan fingerprint density at radius 2 is 2.06 bits per heavy atom. The second-order valence-corrected chi connectivity index (χ2v) is 5.75. The van der Waals surface area contributed by atoms with Crippen molar-refractivity contribution in [3.8, 4) is 0 Å². The molecule has 3 nitrogen and oxygen atoms in total. The average Bonchev–Trinajstić information content (AvgIpc) is 2.20. The van der Waals surface area contributed by atoms with E-state index in [1.54, 1.807) is 0 Å². The smallest absolute Gasteiger partial charge is 0.0591 e. The second-order valence-electron chi connectivity index (χ2n) is 5.75. The lowest BCUT2D eigenvalue weighted by atomic mass is 9.86. The Hall–Kier alpha value is -0.930. The predicted molar refractivity (Wildman–Crippen MR) is 70.8 cm³/mol. The summed E-state index contributed by atoms with van der Waals surface area (Å²) in [5.74, 6) is 0. The summed E-state index contributed by atoms with van der Waals surface area (Å²) in [6.45, 7) is 9.46. The van der Waals surface area contributed by atoms with Gasteiger partial charge in [-0.3, -0.25) is 9.88 Å². The zero-order valence-electron chi connectivity index (χ0n) is 11.6. The van der Waals surface area contributed by atoms with Crippen LogP contribution in [0.1, 0.15) is 32.0 Å². The van der Waals surface area contributed by atoms with Gasteiger partial charge in [0.05, 0.1) is 12.3 Å². The highest BCUT2D eigenvalue weighted by Crippen LogP contribution is 2.24. The Bertz CT molecular complexity index is 357. The van der Waals surface area contributed by atoms with Crippen molar-refractivity contribution >= 4 is 0 Å². The lowest BCUT2D eigenvalue weighted by Crippen LogP contribution is -2.44. The van der Waals surface area contributed by atoms with E-state index in [9.17, 15) is 5.11 Å². The van der Waals surface area contributed by atoms with Crippen molar-refractivity contribution in [2.75, 3.05) is 13.7 Å². The number of aliphatic hydroxyl groups is 1. The molecule has 0 bridgehead atoms. The van der Waals surface area contributed by atoms with Crippen LogP contribution >= 0.6 is 0 Å². The molecule has 0 radical (unpaired) electrons. The van der Waals surface area contributed by atoms with E-state index in [4.69, 9.17) is 0 Å². The zero-order valence-corrected chi connectivity index (χ0v) is 11.6. The molecular formula is C14H24N2O. The Morgan fingerprint density at radius 3 is 2.53 bits per heavy atom. The SMILES string of the molecule is Cc1cccnc1CN(C)C(CO)C(C)(C)C. The predicted octanol–water partition coefficient (Wildman–Crippen LogP) is 2.23. The summed E-state index contributed by atoms with van der Waals surface area (Å²) >= 11 is 0. The first-order valence-corrected chi connectivity index (χ1v) is 6.08. The molecule has 1 heterocycles. The van der Waals surface area contributed by atoms with Crippen molar-refractivity contribution in [3.63, 3.8) is 0 Å². The molecule has 3 heteroatoms. The van der Waals surface area contributed by atoms with Crippen molar-refractivity contribution < 1.29 is 5.11 Å². The Balaban J connectivity index is 2.78. The second kappa shape index (κ2) is 5.61. The van der Waals surface area contributed by atoms with Crippen LogP contribution in [0.3, 0.4) is 0 Å². The van der Waals surface area contributed by atoms with Gasteiger partial charge in [0.1, 0.15) is 0 Å². The molecule has 1 rings (SSSR count). The average molecular weight is 236 g/mol. The molecule has 96 valence electrons. The number of rotatable bonds is 4. The van der Waals surface area contributed by atoms with Gasteiger partial charge in [-0.2, -0.15) is 0 Å². The van der Waals surface area contributed by atoms with E-state index in [0.717, 1.165) is 12.2 Å². The van der Waals surface area contributed by atoms with Gasteiger partial charge in [0.15, 0.2) is 0 Å². The Kier molecular flexibility index (Phi) is 4.66. The zero-order chi connectivity index (χ0) is 13.1. The van der Waals surface area contributed by atoms with Crippen LogP contribution in [0, 0.1) is 12.3 Å². The lowest BCUT2D eigenvalue weighted by Gasteiger charge is -2.36. The number of likely N-dealkylation sites (N-methyl/N-ethyl adjacent to an activating group) is 1. The van der Waals surface area contributed by atoms with Crippen molar-refractivity contribution in [1.29, 1.82) is 0 Å². The van der Waals surface area contributed by atoms with E-state index in [2.05, 4.69) is 43.6 Å². The standard InChI is InChI=1S/C14H24N2O/c1-11-7-6-8-15-12(11)9-16(5)13(10-17)14(2,3)4/h6-8,13,17H,9-10H2,1-5H3. The highest BCUT2D eigenvalue weighted by Gasteiger charge is 2.27. The molecule has 0 aliphatic heterocycles. The molecule has 1 aromatic heterocycles. The normalized spacial score (nSPS) is 14.1. The third-order valence-corrected chi connectivity index (χ3v) is 3.22. The van der Waals surface area contributed by atoms with Gasteiger partial charge in [0.2, 0.25) is 0 Å². The molecule has 0 spiro atoms. The van der Waals surface area contributed by atoms with Gasteiger partial charge in [0.25, 0.3) is 0 Å². The monoisotopic (exact) mass is 236 g/mol. The molecule has 0 aliphatic rings. The summed E-state index contributed by atoms with van der Waals surface area (Å²) in [4.78, 5) is 6.57. The van der Waals surface area contributed by atoms with Gasteiger partial charge in [-0.25, -0.2) is 0 Å². The maximum Gasteiger partial charge on any atom is 0.0591 e. The summed E-state index contributed by atoms with van der Waals surface area (Å²) in [6, 6.07) is 4.16. The van der Waals surface area contributed by atoms with Crippen molar-refractivity contribution in [2.24, 2.45) is 5.41 Å². The molecule has 0 amide bonds. The largest absolute Gasteiger partial charge is 0.395 e. The summed E-state index contributed by atoms with van der Waals surface area (Å²) < 4.78 is 0. The summed E-state index contributed by atoms with van der Waals surface area (Å²) in [6.07, 6.45) is 1.82. The van der Waals surface area contributed by atoms with Crippen LogP contribution in [-0.4, -0.2) is 34.7 Å². The van der Waals surface area contributed by atoms with E-state index in [1.165, 1.54) is 5.56 Å². The van der Waals surface area contributed by atoms with Crippen LogP contribution in [0.25, 0.3) is 0 Å². The van der Waals surface area contributed by atoms with E-state index in [1.807, 2.05) is 19.3 Å². The van der Waals surface area contributed by atoms with Gasteiger partial charge in [-0.15, -0.1) is 0 Å². The molecule has 0 aromatic carbocycles. The maximum atomic E-state index is 9.52. The van der Waals surface area contributed by atoms with Crippen LogP contribution in [0.5, 0.6) is 0 Å². The first kappa shape index (κ1) is 14.1. The quantitative estimate of drug-likeness (QED) is 0.871. The molecule has 17 heavy (non-hydrogen) atoms. The number of hydrogen-bond donors (Lipinski definition) is 1. The number of aryl methyl sites for hydroxylation is 1. The topological polar surface area (TPSA) is 36.4 Å². The molecule has 1 aromatic rings. The molecule has 0 saturated heterocycles. The van der Waals surface area contributed by atoms with Crippen molar-refractivity contribution in [1.82, 2.24) is 9.88 Å². The molecule has 0 aliphatic carbocycles. The molecular weight excluding hydrogens is 212 g/mol. The lowest BCUT2D eigenvalue weighted by molar-refractivity contribution is 0.0605. The van der Waals surface area contributed by atoms with Crippen molar-refractivity contribution in [2.45, 2.75) is 40.3 Å². The summed E-state index contributed by atoms with van der Waals surface area (Å²) in [5.41, 5.74) is 2.34. The van der Waals surface area contributed by atoms with Crippen LogP contribution in [0.2, 0.25) is 0 Å². The number of nitrogens with zero attached hydrogens (tertiary/aromatic N) is 2. The molecule has 0 saturated carbocycles. The minimum atomic E-state index is 0.0617. The molecule has 1 N–H and O–H groups in total. The van der Waals surface area contributed by atoms with Crippen LogP contribution in [-0.2, 0) is 6.54 Å². The fraction of sp³-hybridized carbons (Fsp3) is 0.643. The Morgan fingerprint density at radius 1 is 1.41 bits per heavy atom. The number of pyridine rings is 1. The molecule has 1 unspecified atom stereocenters. The number of hydrogen-bond acceptors (Lipinski definition) is 3. The molecule has 1 atom stereocenters. The highest BCUT2D eigenvalue weighted by atomic mass is 16.3. The number of aromatic nitrogens is 1. The van der Waals surface area contributed by atoms with Gasteiger partial charge < -0.3 is 5.11 Å². The molecule has 0 fully saturated rings. The van der Waals surface area contributed by atoms with Gasteiger partial charge in [0, 0.05) is 18.8 Å². The highest BCUT2D eigenvalue weighted by molar-refractivity contribution is 5.17.